The third kappa shape index (κ3) is 5.51. The minimum absolute atomic E-state index is 0.0379. The maximum Gasteiger partial charge on any atom is 0.231 e. The summed E-state index contributed by atoms with van der Waals surface area (Å²) >= 11 is 0. The number of carbonyl (C=O) groups excluding carboxylic acids is 1. The lowest BCUT2D eigenvalue weighted by Gasteiger charge is -2.13. The Morgan fingerprint density at radius 2 is 2.22 bits per heavy atom. The molecule has 0 aliphatic rings. The molecule has 0 heterocycles. The standard InChI is InChI=1S/C12H18N2O4/c1-17-10-3-2-4-11(5-10)18-8-9(15)6-14-7-12(13)16/h2-5,9,14-15H,6-8H2,1H3,(H2,13,16). The SMILES string of the molecule is COc1cccc(OCC(O)CNCC(N)=O)c1. The maximum absolute atomic E-state index is 10.5. The van der Waals surface area contributed by atoms with Crippen LogP contribution in [0.1, 0.15) is 0 Å². The van der Waals surface area contributed by atoms with E-state index in [9.17, 15) is 9.90 Å². The molecule has 0 radical (unpaired) electrons. The van der Waals surface area contributed by atoms with Gasteiger partial charge in [0, 0.05) is 12.6 Å². The summed E-state index contributed by atoms with van der Waals surface area (Å²) in [6.45, 7) is 0.405. The van der Waals surface area contributed by atoms with Gasteiger partial charge in [0.25, 0.3) is 0 Å². The third-order valence-electron chi connectivity index (χ3n) is 2.16. The van der Waals surface area contributed by atoms with Gasteiger partial charge in [-0.25, -0.2) is 0 Å². The molecule has 0 saturated carbocycles. The van der Waals surface area contributed by atoms with Gasteiger partial charge >= 0.3 is 0 Å². The zero-order chi connectivity index (χ0) is 13.4. The second kappa shape index (κ2) is 7.52. The molecule has 0 fully saturated rings. The molecule has 6 nitrogen and oxygen atoms in total. The third-order valence-corrected chi connectivity index (χ3v) is 2.16. The van der Waals surface area contributed by atoms with Crippen LogP contribution in [0.5, 0.6) is 11.5 Å². The lowest BCUT2D eigenvalue weighted by atomic mass is 10.3. The second-order valence-electron chi connectivity index (χ2n) is 3.74. The molecule has 0 spiro atoms. The molecule has 0 aromatic heterocycles. The molecule has 4 N–H and O–H groups in total. The van der Waals surface area contributed by atoms with E-state index >= 15 is 0 Å². The topological polar surface area (TPSA) is 93.8 Å². The first kappa shape index (κ1) is 14.3. The Balaban J connectivity index is 2.28. The van der Waals surface area contributed by atoms with Gasteiger partial charge in [-0.1, -0.05) is 6.07 Å². The molecule has 0 aliphatic carbocycles. The van der Waals surface area contributed by atoms with Gasteiger partial charge in [-0.3, -0.25) is 4.79 Å². The summed E-state index contributed by atoms with van der Waals surface area (Å²) in [5.41, 5.74) is 4.95. The van der Waals surface area contributed by atoms with Gasteiger partial charge in [-0.05, 0) is 12.1 Å². The fraction of sp³-hybridized carbons (Fsp3) is 0.417. The van der Waals surface area contributed by atoms with E-state index in [0.29, 0.717) is 11.5 Å². The van der Waals surface area contributed by atoms with Crippen molar-refractivity contribution in [1.29, 1.82) is 0 Å². The van der Waals surface area contributed by atoms with Crippen molar-refractivity contribution >= 4 is 5.91 Å². The molecule has 0 aliphatic heterocycles. The molecule has 1 aromatic rings. The first-order valence-corrected chi connectivity index (χ1v) is 5.55. The Bertz CT molecular complexity index is 384. The summed E-state index contributed by atoms with van der Waals surface area (Å²) in [6.07, 6.45) is -0.712. The molecule has 0 bridgehead atoms. The fourth-order valence-corrected chi connectivity index (χ4v) is 1.30. The van der Waals surface area contributed by atoms with Gasteiger partial charge in [-0.15, -0.1) is 0 Å². The number of nitrogens with one attached hydrogen (secondary N) is 1. The van der Waals surface area contributed by atoms with Gasteiger partial charge in [0.1, 0.15) is 24.2 Å². The van der Waals surface area contributed by atoms with Crippen LogP contribution in [0.3, 0.4) is 0 Å². The van der Waals surface area contributed by atoms with Crippen molar-refractivity contribution in [2.24, 2.45) is 5.73 Å². The predicted molar refractivity (Wildman–Crippen MR) is 66.6 cm³/mol. The summed E-state index contributed by atoms with van der Waals surface area (Å²) in [5.74, 6) is 0.841. The number of benzene rings is 1. The quantitative estimate of drug-likeness (QED) is 0.582. The molecule has 1 amide bonds. The average Bonchev–Trinajstić information content (AvgIpc) is 2.36. The van der Waals surface area contributed by atoms with Crippen LogP contribution in [0, 0.1) is 0 Å². The van der Waals surface area contributed by atoms with E-state index in [4.69, 9.17) is 15.2 Å². The molecular weight excluding hydrogens is 236 g/mol. The number of hydrogen-bond acceptors (Lipinski definition) is 5. The zero-order valence-corrected chi connectivity index (χ0v) is 10.3. The van der Waals surface area contributed by atoms with Crippen molar-refractivity contribution in [3.63, 3.8) is 0 Å². The predicted octanol–water partition coefficient (Wildman–Crippen LogP) is -0.490. The largest absolute Gasteiger partial charge is 0.497 e. The second-order valence-corrected chi connectivity index (χ2v) is 3.74. The lowest BCUT2D eigenvalue weighted by Crippen LogP contribution is -2.36. The minimum Gasteiger partial charge on any atom is -0.497 e. The van der Waals surface area contributed by atoms with Crippen LogP contribution in [0.15, 0.2) is 24.3 Å². The number of carbonyl (C=O) groups is 1. The van der Waals surface area contributed by atoms with Gasteiger partial charge in [0.2, 0.25) is 5.91 Å². The van der Waals surface area contributed by atoms with E-state index in [1.54, 1.807) is 31.4 Å². The van der Waals surface area contributed by atoms with Crippen molar-refractivity contribution in [3.05, 3.63) is 24.3 Å². The van der Waals surface area contributed by atoms with Crippen molar-refractivity contribution in [3.8, 4) is 11.5 Å². The molecule has 1 aromatic carbocycles. The summed E-state index contributed by atoms with van der Waals surface area (Å²) in [4.78, 5) is 10.5. The molecular formula is C12H18N2O4. The van der Waals surface area contributed by atoms with Crippen molar-refractivity contribution in [1.82, 2.24) is 5.32 Å². The normalized spacial score (nSPS) is 11.9. The Hall–Kier alpha value is -1.79. The van der Waals surface area contributed by atoms with E-state index in [1.165, 1.54) is 0 Å². The molecule has 1 rings (SSSR count). The van der Waals surface area contributed by atoms with Crippen LogP contribution in [-0.2, 0) is 4.79 Å². The van der Waals surface area contributed by atoms with Crippen LogP contribution in [-0.4, -0.2) is 43.9 Å². The molecule has 1 atom stereocenters. The number of aliphatic hydroxyl groups is 1. The van der Waals surface area contributed by atoms with E-state index < -0.39 is 12.0 Å². The van der Waals surface area contributed by atoms with Crippen molar-refractivity contribution < 1.29 is 19.4 Å². The summed E-state index contributed by atoms with van der Waals surface area (Å²) in [7, 11) is 1.57. The lowest BCUT2D eigenvalue weighted by molar-refractivity contribution is -0.117. The van der Waals surface area contributed by atoms with Crippen LogP contribution >= 0.6 is 0 Å². The number of hydrogen-bond donors (Lipinski definition) is 3. The molecule has 0 saturated heterocycles. The maximum atomic E-state index is 10.5. The molecule has 18 heavy (non-hydrogen) atoms. The van der Waals surface area contributed by atoms with Crippen molar-refractivity contribution in [2.75, 3.05) is 26.8 Å². The monoisotopic (exact) mass is 254 g/mol. The van der Waals surface area contributed by atoms with E-state index in [2.05, 4.69) is 5.32 Å². The van der Waals surface area contributed by atoms with E-state index in [-0.39, 0.29) is 19.7 Å². The number of nitrogens with two attached hydrogens (primary N) is 1. The van der Waals surface area contributed by atoms with Crippen LogP contribution in [0.25, 0.3) is 0 Å². The Morgan fingerprint density at radius 1 is 1.50 bits per heavy atom. The highest BCUT2D eigenvalue weighted by Gasteiger charge is 2.06. The van der Waals surface area contributed by atoms with Crippen LogP contribution < -0.4 is 20.5 Å². The smallest absolute Gasteiger partial charge is 0.231 e. The number of primary amides is 1. The highest BCUT2D eigenvalue weighted by Crippen LogP contribution is 2.18. The molecule has 6 heteroatoms. The summed E-state index contributed by atoms with van der Waals surface area (Å²) < 4.78 is 10.4. The minimum atomic E-state index is -0.712. The number of aliphatic hydroxyl groups excluding tert-OH is 1. The average molecular weight is 254 g/mol. The Labute approximate surface area is 106 Å². The van der Waals surface area contributed by atoms with Crippen LogP contribution in [0.4, 0.5) is 0 Å². The highest BCUT2D eigenvalue weighted by molar-refractivity contribution is 5.75. The summed E-state index contributed by atoms with van der Waals surface area (Å²) in [5, 5.41) is 12.3. The van der Waals surface area contributed by atoms with Gasteiger partial charge in [0.05, 0.1) is 13.7 Å². The van der Waals surface area contributed by atoms with E-state index in [0.717, 1.165) is 0 Å². The van der Waals surface area contributed by atoms with Crippen molar-refractivity contribution in [2.45, 2.75) is 6.10 Å². The van der Waals surface area contributed by atoms with E-state index in [1.807, 2.05) is 0 Å². The number of methoxy groups -OCH3 is 1. The fourth-order valence-electron chi connectivity index (χ4n) is 1.30. The number of ether oxygens (including phenoxy) is 2. The Morgan fingerprint density at radius 3 is 2.89 bits per heavy atom. The first-order chi connectivity index (χ1) is 8.61. The van der Waals surface area contributed by atoms with Gasteiger partial charge in [-0.2, -0.15) is 0 Å². The van der Waals surface area contributed by atoms with Gasteiger partial charge < -0.3 is 25.6 Å². The number of amides is 1. The zero-order valence-electron chi connectivity index (χ0n) is 10.3. The Kier molecular flexibility index (Phi) is 5.96. The first-order valence-electron chi connectivity index (χ1n) is 5.55. The molecule has 100 valence electrons. The summed E-state index contributed by atoms with van der Waals surface area (Å²) in [6, 6.07) is 7.10. The number of rotatable bonds is 8. The molecule has 1 unspecified atom stereocenters. The van der Waals surface area contributed by atoms with Crippen LogP contribution in [0.2, 0.25) is 0 Å². The highest BCUT2D eigenvalue weighted by atomic mass is 16.5. The van der Waals surface area contributed by atoms with Gasteiger partial charge in [0.15, 0.2) is 0 Å².